The lowest BCUT2D eigenvalue weighted by molar-refractivity contribution is 0.0663. The minimum atomic E-state index is -2.53. The van der Waals surface area contributed by atoms with Crippen LogP contribution < -0.4 is 0 Å². The highest BCUT2D eigenvalue weighted by Crippen LogP contribution is 2.18. The molecule has 19 heavy (non-hydrogen) atoms. The normalized spacial score (nSPS) is 11.3. The van der Waals surface area contributed by atoms with Crippen molar-refractivity contribution in [1.82, 2.24) is 0 Å². The summed E-state index contributed by atoms with van der Waals surface area (Å²) in [7, 11) is -2.53. The topological polar surface area (TPSA) is 85.7 Å². The zero-order chi connectivity index (χ0) is 14.4. The molecule has 0 amide bonds. The molecule has 0 aromatic carbocycles. The van der Waals surface area contributed by atoms with Gasteiger partial charge in [-0.05, 0) is 32.7 Å². The Bertz CT molecular complexity index is 245. The molecule has 0 aliphatic rings. The Hall–Kier alpha value is -0.633. The fourth-order valence-corrected chi connectivity index (χ4v) is 4.22. The Labute approximate surface area is 116 Å². The molecule has 0 spiro atoms. The second-order valence-corrected chi connectivity index (χ2v) is 6.38. The van der Waals surface area contributed by atoms with Crippen LogP contribution in [0.1, 0.15) is 27.2 Å². The number of hydrogen-bond donors (Lipinski definition) is 0. The van der Waals surface area contributed by atoms with Crippen LogP contribution in [-0.2, 0) is 18.0 Å². The molecule has 0 saturated heterocycles. The van der Waals surface area contributed by atoms with Gasteiger partial charge in [-0.3, -0.25) is 0 Å². The van der Waals surface area contributed by atoms with Crippen LogP contribution in [0.3, 0.4) is 0 Å². The van der Waals surface area contributed by atoms with E-state index in [9.17, 15) is 0 Å². The first-order chi connectivity index (χ1) is 9.24. The fourth-order valence-electron chi connectivity index (χ4n) is 1.64. The highest BCUT2D eigenvalue weighted by Gasteiger charge is 2.39. The maximum absolute atomic E-state index is 8.11. The van der Waals surface area contributed by atoms with E-state index in [1.54, 1.807) is 0 Å². The maximum atomic E-state index is 8.11. The van der Waals surface area contributed by atoms with E-state index in [0.717, 1.165) is 12.5 Å². The highest BCUT2D eigenvalue weighted by atomic mass is 28.4. The van der Waals surface area contributed by atoms with Crippen LogP contribution in [0.5, 0.6) is 0 Å². The Balaban J connectivity index is 3.99. The monoisotopic (exact) mass is 291 g/mol. The lowest BCUT2D eigenvalue weighted by atomic mass is 10.5. The number of rotatable bonds is 13. The summed E-state index contributed by atoms with van der Waals surface area (Å²) >= 11 is 0. The van der Waals surface area contributed by atoms with Crippen molar-refractivity contribution < 1.29 is 18.0 Å². The average Bonchev–Trinajstić information content (AvgIpc) is 2.39. The maximum Gasteiger partial charge on any atom is 0.501 e. The summed E-state index contributed by atoms with van der Waals surface area (Å²) in [6.45, 7) is 8.97. The summed E-state index contributed by atoms with van der Waals surface area (Å²) in [6.07, 6.45) is 0.808. The summed E-state index contributed by atoms with van der Waals surface area (Å²) in [5.41, 5.74) is 8.11. The summed E-state index contributed by atoms with van der Waals surface area (Å²) < 4.78 is 22.5. The Kier molecular flexibility index (Phi) is 12.0. The number of nitrogens with zero attached hydrogens (tertiary/aromatic N) is 3. The van der Waals surface area contributed by atoms with Gasteiger partial charge >= 0.3 is 8.80 Å². The first kappa shape index (κ1) is 18.4. The van der Waals surface area contributed by atoms with E-state index < -0.39 is 8.80 Å². The highest BCUT2D eigenvalue weighted by molar-refractivity contribution is 6.60. The van der Waals surface area contributed by atoms with E-state index in [4.69, 9.17) is 23.5 Å². The molecule has 0 unspecified atom stereocenters. The van der Waals surface area contributed by atoms with Crippen LogP contribution in [0.25, 0.3) is 10.4 Å². The van der Waals surface area contributed by atoms with Crippen molar-refractivity contribution in [3.05, 3.63) is 10.4 Å². The smallest absolute Gasteiger partial charge is 0.381 e. The summed E-state index contributed by atoms with van der Waals surface area (Å²) in [5, 5.41) is 3.40. The van der Waals surface area contributed by atoms with Crippen molar-refractivity contribution in [3.63, 3.8) is 0 Å². The lowest BCUT2D eigenvalue weighted by Crippen LogP contribution is -2.46. The molecule has 0 atom stereocenters. The Morgan fingerprint density at radius 3 is 2.05 bits per heavy atom. The molecule has 0 fully saturated rings. The van der Waals surface area contributed by atoms with Gasteiger partial charge in [0.15, 0.2) is 0 Å². The van der Waals surface area contributed by atoms with E-state index in [2.05, 4.69) is 10.0 Å². The van der Waals surface area contributed by atoms with Crippen molar-refractivity contribution in [1.29, 1.82) is 0 Å². The van der Waals surface area contributed by atoms with E-state index >= 15 is 0 Å². The van der Waals surface area contributed by atoms with E-state index in [1.807, 2.05) is 20.8 Å². The lowest BCUT2D eigenvalue weighted by Gasteiger charge is -2.28. The summed E-state index contributed by atoms with van der Waals surface area (Å²) in [5.74, 6) is 0. The van der Waals surface area contributed by atoms with Crippen LogP contribution in [0.2, 0.25) is 6.04 Å². The van der Waals surface area contributed by atoms with Gasteiger partial charge in [-0.1, -0.05) is 5.11 Å². The SMILES string of the molecule is CCO[Si](CCCOCCN=[N+]=[N-])(OCC)OCC. The second-order valence-electron chi connectivity index (χ2n) is 3.65. The van der Waals surface area contributed by atoms with E-state index in [0.29, 0.717) is 39.6 Å². The number of hydrogen-bond acceptors (Lipinski definition) is 5. The van der Waals surface area contributed by atoms with Gasteiger partial charge in [0.1, 0.15) is 0 Å². The first-order valence-electron chi connectivity index (χ1n) is 6.75. The van der Waals surface area contributed by atoms with Crippen molar-refractivity contribution >= 4 is 8.80 Å². The largest absolute Gasteiger partial charge is 0.501 e. The van der Waals surface area contributed by atoms with Crippen molar-refractivity contribution in [2.45, 2.75) is 33.2 Å². The molecular formula is C11H25N3O4Si. The van der Waals surface area contributed by atoms with Crippen molar-refractivity contribution in [2.75, 3.05) is 39.6 Å². The van der Waals surface area contributed by atoms with Crippen LogP contribution in [0.4, 0.5) is 0 Å². The van der Waals surface area contributed by atoms with Gasteiger partial charge in [0.25, 0.3) is 0 Å². The average molecular weight is 291 g/mol. The molecule has 0 saturated carbocycles. The molecule has 0 bridgehead atoms. The number of azide groups is 1. The standard InChI is InChI=1S/C11H25N3O4Si/c1-4-16-19(17-5-2,18-6-3)11-7-9-15-10-8-13-14-12/h4-11H2,1-3H3. The second kappa shape index (κ2) is 12.4. The molecule has 8 heteroatoms. The molecule has 0 aromatic heterocycles. The molecule has 0 N–H and O–H groups in total. The van der Waals surface area contributed by atoms with Crippen LogP contribution in [0.15, 0.2) is 5.11 Å². The van der Waals surface area contributed by atoms with E-state index in [-0.39, 0.29) is 0 Å². The molecule has 7 nitrogen and oxygen atoms in total. The van der Waals surface area contributed by atoms with Gasteiger partial charge in [0.2, 0.25) is 0 Å². The Morgan fingerprint density at radius 2 is 1.58 bits per heavy atom. The van der Waals surface area contributed by atoms with Gasteiger partial charge in [-0.15, -0.1) is 0 Å². The Morgan fingerprint density at radius 1 is 1.00 bits per heavy atom. The molecule has 0 heterocycles. The third kappa shape index (κ3) is 8.98. The molecule has 0 aliphatic carbocycles. The van der Waals surface area contributed by atoms with Gasteiger partial charge in [0.05, 0.1) is 6.61 Å². The number of ether oxygens (including phenoxy) is 1. The molecule has 0 radical (unpaired) electrons. The quantitative estimate of drug-likeness (QED) is 0.172. The third-order valence-corrected chi connectivity index (χ3v) is 5.41. The van der Waals surface area contributed by atoms with Crippen LogP contribution in [-0.4, -0.2) is 48.4 Å². The third-order valence-electron chi connectivity index (χ3n) is 2.26. The molecule has 0 aliphatic heterocycles. The summed E-state index contributed by atoms with van der Waals surface area (Å²) in [4.78, 5) is 2.66. The van der Waals surface area contributed by atoms with Crippen molar-refractivity contribution in [2.24, 2.45) is 5.11 Å². The molecule has 112 valence electrons. The van der Waals surface area contributed by atoms with Crippen molar-refractivity contribution in [3.8, 4) is 0 Å². The van der Waals surface area contributed by atoms with Gasteiger partial charge in [-0.2, -0.15) is 0 Å². The molecule has 0 aromatic rings. The van der Waals surface area contributed by atoms with E-state index in [1.165, 1.54) is 0 Å². The minimum absolute atomic E-state index is 0.363. The van der Waals surface area contributed by atoms with Crippen LogP contribution >= 0.6 is 0 Å². The predicted octanol–water partition coefficient (Wildman–Crippen LogP) is 2.75. The zero-order valence-corrected chi connectivity index (χ0v) is 13.1. The van der Waals surface area contributed by atoms with Gasteiger partial charge in [-0.25, -0.2) is 0 Å². The van der Waals surface area contributed by atoms with Gasteiger partial charge < -0.3 is 18.0 Å². The first-order valence-corrected chi connectivity index (χ1v) is 8.68. The molecular weight excluding hydrogens is 266 g/mol. The molecule has 0 rings (SSSR count). The zero-order valence-electron chi connectivity index (χ0n) is 12.1. The minimum Gasteiger partial charge on any atom is -0.381 e. The summed E-state index contributed by atoms with van der Waals surface area (Å²) in [6, 6.07) is 0.740. The van der Waals surface area contributed by atoms with Gasteiger partial charge in [0, 0.05) is 43.9 Å². The fraction of sp³-hybridized carbons (Fsp3) is 1.00. The van der Waals surface area contributed by atoms with Crippen LogP contribution in [0, 0.1) is 0 Å². The predicted molar refractivity (Wildman–Crippen MR) is 74.9 cm³/mol.